The smallest absolute Gasteiger partial charge is 0.297 e. The Morgan fingerprint density at radius 2 is 1.03 bits per heavy atom. The van der Waals surface area contributed by atoms with Crippen LogP contribution in [0.2, 0.25) is 0 Å². The summed E-state index contributed by atoms with van der Waals surface area (Å²) in [6, 6.07) is 12.7. The van der Waals surface area contributed by atoms with Crippen LogP contribution in [0, 0.1) is 13.8 Å². The van der Waals surface area contributed by atoms with Crippen LogP contribution in [0.1, 0.15) is 11.1 Å². The largest absolute Gasteiger partial charge is 0.371 e. The molecule has 1 saturated heterocycles. The van der Waals surface area contributed by atoms with Gasteiger partial charge in [0.15, 0.2) is 0 Å². The molecule has 2 aromatic rings. The van der Waals surface area contributed by atoms with Crippen LogP contribution in [0.4, 0.5) is 0 Å². The van der Waals surface area contributed by atoms with E-state index in [0.717, 1.165) is 11.1 Å². The number of aryl methyl sites for hydroxylation is 2. The lowest BCUT2D eigenvalue weighted by atomic mass is 10.2. The van der Waals surface area contributed by atoms with Gasteiger partial charge in [-0.1, -0.05) is 35.4 Å². The van der Waals surface area contributed by atoms with Crippen molar-refractivity contribution in [1.82, 2.24) is 0 Å². The van der Waals surface area contributed by atoms with Crippen LogP contribution in [0.3, 0.4) is 0 Å². The fourth-order valence-corrected chi connectivity index (χ4v) is 4.53. The minimum Gasteiger partial charge on any atom is -0.371 e. The number of hydrogen-bond donors (Lipinski definition) is 0. The Morgan fingerprint density at radius 1 is 0.700 bits per heavy atom. The Morgan fingerprint density at radius 3 is 1.33 bits per heavy atom. The molecule has 164 valence electrons. The summed E-state index contributed by atoms with van der Waals surface area (Å²) in [4.78, 5) is 0.134. The van der Waals surface area contributed by atoms with Crippen LogP contribution in [0.15, 0.2) is 58.3 Å². The second-order valence-corrected chi connectivity index (χ2v) is 10.2. The van der Waals surface area contributed by atoms with E-state index in [-0.39, 0.29) is 36.2 Å². The SMILES string of the molecule is Cc1ccc(S(=O)(=O)OC[C@H]2CO[C@H](COS(=O)(=O)c3ccc(C)cc3)CO2)cc1. The molecule has 0 amide bonds. The Labute approximate surface area is 177 Å². The summed E-state index contributed by atoms with van der Waals surface area (Å²) in [5.41, 5.74) is 1.88. The van der Waals surface area contributed by atoms with E-state index in [9.17, 15) is 16.8 Å². The molecule has 1 aliphatic rings. The molecule has 3 rings (SSSR count). The monoisotopic (exact) mass is 456 g/mol. The lowest BCUT2D eigenvalue weighted by Crippen LogP contribution is -2.41. The fourth-order valence-electron chi connectivity index (χ4n) is 2.65. The molecule has 0 aliphatic carbocycles. The summed E-state index contributed by atoms with van der Waals surface area (Å²) in [6.45, 7) is 3.42. The van der Waals surface area contributed by atoms with Crippen LogP contribution in [0.5, 0.6) is 0 Å². The highest BCUT2D eigenvalue weighted by atomic mass is 32.2. The van der Waals surface area contributed by atoms with Gasteiger partial charge in [-0.05, 0) is 38.1 Å². The normalized spacial score (nSPS) is 20.2. The minimum absolute atomic E-state index is 0.0576. The van der Waals surface area contributed by atoms with Gasteiger partial charge in [-0.2, -0.15) is 16.8 Å². The molecule has 1 heterocycles. The van der Waals surface area contributed by atoms with Crippen molar-refractivity contribution >= 4 is 20.2 Å². The lowest BCUT2D eigenvalue weighted by Gasteiger charge is -2.28. The molecule has 0 bridgehead atoms. The topological polar surface area (TPSA) is 105 Å². The third kappa shape index (κ3) is 6.10. The highest BCUT2D eigenvalue weighted by Crippen LogP contribution is 2.17. The van der Waals surface area contributed by atoms with E-state index < -0.39 is 32.4 Å². The molecule has 8 nitrogen and oxygen atoms in total. The lowest BCUT2D eigenvalue weighted by molar-refractivity contribution is -0.149. The highest BCUT2D eigenvalue weighted by Gasteiger charge is 2.27. The van der Waals surface area contributed by atoms with Crippen molar-refractivity contribution in [3.05, 3.63) is 59.7 Å². The van der Waals surface area contributed by atoms with Gasteiger partial charge in [0.1, 0.15) is 12.2 Å². The Hall–Kier alpha value is -1.82. The van der Waals surface area contributed by atoms with Crippen LogP contribution >= 0.6 is 0 Å². The van der Waals surface area contributed by atoms with E-state index in [0.29, 0.717) is 0 Å². The van der Waals surface area contributed by atoms with E-state index in [1.807, 2.05) is 13.8 Å². The molecule has 10 heteroatoms. The molecule has 2 aromatic carbocycles. The van der Waals surface area contributed by atoms with Crippen molar-refractivity contribution in [2.45, 2.75) is 35.8 Å². The zero-order valence-corrected chi connectivity index (χ0v) is 18.3. The van der Waals surface area contributed by atoms with Gasteiger partial charge in [-0.15, -0.1) is 0 Å². The number of benzene rings is 2. The first-order valence-electron chi connectivity index (χ1n) is 9.31. The molecule has 0 unspecified atom stereocenters. The number of hydrogen-bond acceptors (Lipinski definition) is 8. The standard InChI is InChI=1S/C20H24O8S2/c1-15-3-7-19(8-4-15)29(21,22)27-13-17-11-26-18(12-25-17)14-28-30(23,24)20-9-5-16(2)6-10-20/h3-10,17-18H,11-14H2,1-2H3/t17-,18+. The van der Waals surface area contributed by atoms with Crippen molar-refractivity contribution < 1.29 is 34.7 Å². The van der Waals surface area contributed by atoms with E-state index in [1.54, 1.807) is 24.3 Å². The van der Waals surface area contributed by atoms with E-state index in [1.165, 1.54) is 24.3 Å². The molecule has 30 heavy (non-hydrogen) atoms. The molecule has 0 radical (unpaired) electrons. The van der Waals surface area contributed by atoms with Crippen LogP contribution < -0.4 is 0 Å². The van der Waals surface area contributed by atoms with Crippen molar-refractivity contribution in [2.75, 3.05) is 26.4 Å². The van der Waals surface area contributed by atoms with Gasteiger partial charge >= 0.3 is 0 Å². The summed E-state index contributed by atoms with van der Waals surface area (Å²) >= 11 is 0. The second kappa shape index (κ2) is 9.54. The summed E-state index contributed by atoms with van der Waals surface area (Å²) in [5.74, 6) is 0. The van der Waals surface area contributed by atoms with Crippen molar-refractivity contribution in [3.63, 3.8) is 0 Å². The number of rotatable bonds is 8. The van der Waals surface area contributed by atoms with Gasteiger partial charge in [0.2, 0.25) is 0 Å². The van der Waals surface area contributed by atoms with Crippen LogP contribution in [-0.4, -0.2) is 55.5 Å². The minimum atomic E-state index is -3.89. The summed E-state index contributed by atoms with van der Waals surface area (Å²) < 4.78 is 70.0. The predicted molar refractivity (Wildman–Crippen MR) is 108 cm³/mol. The third-order valence-corrected chi connectivity index (χ3v) is 7.06. The Kier molecular flexibility index (Phi) is 7.27. The molecule has 0 saturated carbocycles. The maximum Gasteiger partial charge on any atom is 0.297 e. The quantitative estimate of drug-likeness (QED) is 0.557. The van der Waals surface area contributed by atoms with E-state index >= 15 is 0 Å². The van der Waals surface area contributed by atoms with Gasteiger partial charge in [-0.3, -0.25) is 8.37 Å². The van der Waals surface area contributed by atoms with Crippen LogP contribution in [0.25, 0.3) is 0 Å². The third-order valence-electron chi connectivity index (χ3n) is 4.47. The van der Waals surface area contributed by atoms with Gasteiger partial charge in [-0.25, -0.2) is 0 Å². The Balaban J connectivity index is 1.44. The van der Waals surface area contributed by atoms with Gasteiger partial charge < -0.3 is 9.47 Å². The van der Waals surface area contributed by atoms with Crippen LogP contribution in [-0.2, 0) is 38.1 Å². The van der Waals surface area contributed by atoms with Crippen molar-refractivity contribution in [2.24, 2.45) is 0 Å². The highest BCUT2D eigenvalue weighted by molar-refractivity contribution is 7.87. The molecular weight excluding hydrogens is 432 g/mol. The predicted octanol–water partition coefficient (Wildman–Crippen LogP) is 2.20. The van der Waals surface area contributed by atoms with E-state index in [4.69, 9.17) is 17.8 Å². The average molecular weight is 457 g/mol. The fraction of sp³-hybridized carbons (Fsp3) is 0.400. The Bertz CT molecular complexity index is 949. The van der Waals surface area contributed by atoms with Gasteiger partial charge in [0.05, 0.1) is 36.2 Å². The maximum absolute atomic E-state index is 12.2. The zero-order chi connectivity index (χ0) is 21.8. The summed E-state index contributed by atoms with van der Waals surface area (Å²) in [5, 5.41) is 0. The average Bonchev–Trinajstić information content (AvgIpc) is 2.72. The first-order chi connectivity index (χ1) is 14.2. The summed E-state index contributed by atoms with van der Waals surface area (Å²) in [6.07, 6.45) is -1.18. The van der Waals surface area contributed by atoms with E-state index in [2.05, 4.69) is 0 Å². The summed E-state index contributed by atoms with van der Waals surface area (Å²) in [7, 11) is -7.79. The van der Waals surface area contributed by atoms with Crippen molar-refractivity contribution in [1.29, 1.82) is 0 Å². The molecule has 1 fully saturated rings. The zero-order valence-electron chi connectivity index (χ0n) is 16.7. The van der Waals surface area contributed by atoms with Crippen molar-refractivity contribution in [3.8, 4) is 0 Å². The molecule has 0 N–H and O–H groups in total. The molecular formula is C20H24O8S2. The first-order valence-corrected chi connectivity index (χ1v) is 12.1. The van der Waals surface area contributed by atoms with Gasteiger partial charge in [0.25, 0.3) is 20.2 Å². The second-order valence-electron chi connectivity index (χ2n) is 7.01. The maximum atomic E-state index is 12.2. The molecule has 0 spiro atoms. The first kappa shape index (κ1) is 22.9. The van der Waals surface area contributed by atoms with Gasteiger partial charge in [0, 0.05) is 0 Å². The molecule has 1 aliphatic heterocycles. The molecule has 2 atom stereocenters. The molecule has 0 aromatic heterocycles. The number of ether oxygens (including phenoxy) is 2.